The third-order valence-corrected chi connectivity index (χ3v) is 1.54. The fraction of sp³-hybridized carbons (Fsp3) is 0.500. The van der Waals surface area contributed by atoms with E-state index in [1.165, 1.54) is 6.08 Å². The van der Waals surface area contributed by atoms with E-state index in [9.17, 15) is 9.18 Å². The SMILES string of the molecule is BC1=CC(=O)OC1[C@@H](O)CF. The summed E-state index contributed by atoms with van der Waals surface area (Å²) in [7, 11) is 1.62. The molecular formula is C6H8BFO3. The van der Waals surface area contributed by atoms with Gasteiger partial charge < -0.3 is 9.84 Å². The summed E-state index contributed by atoms with van der Waals surface area (Å²) in [6.07, 6.45) is -0.756. The Labute approximate surface area is 64.3 Å². The average molecular weight is 158 g/mol. The highest BCUT2D eigenvalue weighted by Gasteiger charge is 2.29. The second-order valence-corrected chi connectivity index (χ2v) is 2.47. The maximum absolute atomic E-state index is 11.9. The van der Waals surface area contributed by atoms with Crippen molar-refractivity contribution in [3.05, 3.63) is 11.5 Å². The molecule has 0 fully saturated rings. The summed E-state index contributed by atoms with van der Waals surface area (Å²) in [4.78, 5) is 10.6. The van der Waals surface area contributed by atoms with Crippen molar-refractivity contribution in [1.29, 1.82) is 0 Å². The van der Waals surface area contributed by atoms with E-state index in [2.05, 4.69) is 4.74 Å². The van der Waals surface area contributed by atoms with Crippen molar-refractivity contribution in [1.82, 2.24) is 0 Å². The number of esters is 1. The second kappa shape index (κ2) is 3.05. The molecule has 0 spiro atoms. The summed E-state index contributed by atoms with van der Waals surface area (Å²) in [6, 6.07) is 0. The molecule has 0 saturated carbocycles. The standard InChI is InChI=1S/C6H8BFO3/c7-3-1-5(10)11-6(3)4(9)2-8/h1,4,6,9H,2,7H2/t4-,6?/m0/s1. The molecule has 1 aliphatic rings. The van der Waals surface area contributed by atoms with Gasteiger partial charge in [0.25, 0.3) is 0 Å². The Kier molecular flexibility index (Phi) is 2.29. The molecule has 0 saturated heterocycles. The topological polar surface area (TPSA) is 46.5 Å². The fourth-order valence-corrected chi connectivity index (χ4v) is 0.983. The van der Waals surface area contributed by atoms with Crippen LogP contribution in [0.3, 0.4) is 0 Å². The third-order valence-electron chi connectivity index (χ3n) is 1.54. The van der Waals surface area contributed by atoms with Gasteiger partial charge in [-0.1, -0.05) is 5.47 Å². The smallest absolute Gasteiger partial charge is 0.330 e. The van der Waals surface area contributed by atoms with Gasteiger partial charge in [-0.2, -0.15) is 0 Å². The van der Waals surface area contributed by atoms with E-state index >= 15 is 0 Å². The number of aliphatic hydroxyl groups is 1. The van der Waals surface area contributed by atoms with Gasteiger partial charge in [0.05, 0.1) is 0 Å². The molecule has 2 atom stereocenters. The maximum Gasteiger partial charge on any atom is 0.330 e. The van der Waals surface area contributed by atoms with E-state index in [1.807, 2.05) is 0 Å². The number of carbonyl (C=O) groups is 1. The molecular weight excluding hydrogens is 150 g/mol. The van der Waals surface area contributed by atoms with Gasteiger partial charge >= 0.3 is 5.97 Å². The highest BCUT2D eigenvalue weighted by Crippen LogP contribution is 2.15. The van der Waals surface area contributed by atoms with Gasteiger partial charge in [-0.25, -0.2) is 9.18 Å². The third kappa shape index (κ3) is 1.60. The molecule has 1 N–H and O–H groups in total. The molecule has 0 amide bonds. The van der Waals surface area contributed by atoms with Crippen molar-refractivity contribution in [3.8, 4) is 0 Å². The lowest BCUT2D eigenvalue weighted by Gasteiger charge is -2.15. The Morgan fingerprint density at radius 1 is 1.91 bits per heavy atom. The summed E-state index contributed by atoms with van der Waals surface area (Å²) < 4.78 is 16.5. The van der Waals surface area contributed by atoms with E-state index in [1.54, 1.807) is 7.85 Å². The van der Waals surface area contributed by atoms with Gasteiger partial charge in [-0.15, -0.1) is 0 Å². The molecule has 1 unspecified atom stereocenters. The summed E-state index contributed by atoms with van der Waals surface area (Å²) in [5, 5.41) is 8.95. The molecule has 1 aliphatic heterocycles. The number of halogens is 1. The molecule has 3 nitrogen and oxygen atoms in total. The molecule has 0 aromatic carbocycles. The van der Waals surface area contributed by atoms with Crippen molar-refractivity contribution < 1.29 is 19.0 Å². The quantitative estimate of drug-likeness (QED) is 0.403. The molecule has 1 rings (SSSR count). The highest BCUT2D eigenvalue weighted by molar-refractivity contribution is 6.25. The van der Waals surface area contributed by atoms with Crippen LogP contribution in [0.15, 0.2) is 11.5 Å². The largest absolute Gasteiger partial charge is 0.453 e. The summed E-state index contributed by atoms with van der Waals surface area (Å²) >= 11 is 0. The summed E-state index contributed by atoms with van der Waals surface area (Å²) in [5.41, 5.74) is 0.570. The molecule has 5 heteroatoms. The predicted molar refractivity (Wildman–Crippen MR) is 38.5 cm³/mol. The minimum absolute atomic E-state index is 0.514. The predicted octanol–water partition coefficient (Wildman–Crippen LogP) is -1.24. The average Bonchev–Trinajstić information content (AvgIpc) is 2.28. The number of hydrogen-bond donors (Lipinski definition) is 1. The molecule has 0 aromatic rings. The Hall–Kier alpha value is -0.835. The lowest BCUT2D eigenvalue weighted by Crippen LogP contribution is -2.30. The second-order valence-electron chi connectivity index (χ2n) is 2.47. The Morgan fingerprint density at radius 3 is 2.91 bits per heavy atom. The van der Waals surface area contributed by atoms with Crippen LogP contribution in [0.2, 0.25) is 0 Å². The zero-order chi connectivity index (χ0) is 8.43. The Balaban J connectivity index is 2.63. The van der Waals surface area contributed by atoms with Crippen molar-refractivity contribution in [2.75, 3.05) is 6.67 Å². The first-order valence-corrected chi connectivity index (χ1v) is 3.28. The van der Waals surface area contributed by atoms with E-state index in [-0.39, 0.29) is 0 Å². The minimum atomic E-state index is -1.22. The Bertz CT molecular complexity index is 204. The minimum Gasteiger partial charge on any atom is -0.453 e. The van der Waals surface area contributed by atoms with Crippen molar-refractivity contribution >= 4 is 13.8 Å². The monoisotopic (exact) mass is 158 g/mol. The van der Waals surface area contributed by atoms with Crippen LogP contribution in [-0.2, 0) is 9.53 Å². The zero-order valence-corrected chi connectivity index (χ0v) is 6.08. The number of ether oxygens (including phenoxy) is 1. The van der Waals surface area contributed by atoms with E-state index in [0.717, 1.165) is 0 Å². The zero-order valence-electron chi connectivity index (χ0n) is 6.08. The summed E-state index contributed by atoms with van der Waals surface area (Å²) in [5.74, 6) is -0.514. The van der Waals surface area contributed by atoms with Gasteiger partial charge in [0, 0.05) is 6.08 Å². The number of carbonyl (C=O) groups excluding carboxylic acids is 1. The van der Waals surface area contributed by atoms with Crippen LogP contribution in [0.5, 0.6) is 0 Å². The van der Waals surface area contributed by atoms with Gasteiger partial charge in [-0.3, -0.25) is 0 Å². The molecule has 60 valence electrons. The van der Waals surface area contributed by atoms with Crippen molar-refractivity contribution in [3.63, 3.8) is 0 Å². The molecule has 11 heavy (non-hydrogen) atoms. The van der Waals surface area contributed by atoms with Crippen LogP contribution in [0.1, 0.15) is 0 Å². The molecule has 0 aromatic heterocycles. The van der Waals surface area contributed by atoms with Crippen LogP contribution in [0, 0.1) is 0 Å². The fourth-order valence-electron chi connectivity index (χ4n) is 0.983. The number of aliphatic hydroxyl groups excluding tert-OH is 1. The van der Waals surface area contributed by atoms with Crippen LogP contribution >= 0.6 is 0 Å². The number of cyclic esters (lactones) is 1. The van der Waals surface area contributed by atoms with Crippen LogP contribution in [0.4, 0.5) is 4.39 Å². The molecule has 0 bridgehead atoms. The lowest BCUT2D eigenvalue weighted by atomic mass is 9.89. The van der Waals surface area contributed by atoms with E-state index in [4.69, 9.17) is 5.11 Å². The molecule has 0 radical (unpaired) electrons. The lowest BCUT2D eigenvalue weighted by molar-refractivity contribution is -0.143. The van der Waals surface area contributed by atoms with Gasteiger partial charge in [0.15, 0.2) is 0 Å². The van der Waals surface area contributed by atoms with Crippen LogP contribution in [0.25, 0.3) is 0 Å². The van der Waals surface area contributed by atoms with Gasteiger partial charge in [0.1, 0.15) is 26.7 Å². The van der Waals surface area contributed by atoms with Crippen molar-refractivity contribution in [2.45, 2.75) is 12.2 Å². The van der Waals surface area contributed by atoms with Gasteiger partial charge in [0.2, 0.25) is 0 Å². The maximum atomic E-state index is 11.9. The highest BCUT2D eigenvalue weighted by atomic mass is 19.1. The number of hydrogen-bond acceptors (Lipinski definition) is 3. The number of rotatable bonds is 2. The molecule has 0 aliphatic carbocycles. The number of alkyl halides is 1. The van der Waals surface area contributed by atoms with E-state index < -0.39 is 24.9 Å². The van der Waals surface area contributed by atoms with Crippen LogP contribution in [-0.4, -0.2) is 37.8 Å². The van der Waals surface area contributed by atoms with Gasteiger partial charge in [-0.05, 0) is 0 Å². The normalized spacial score (nSPS) is 26.2. The van der Waals surface area contributed by atoms with Crippen molar-refractivity contribution in [2.24, 2.45) is 0 Å². The first kappa shape index (κ1) is 8.26. The Morgan fingerprint density at radius 2 is 2.55 bits per heavy atom. The summed E-state index contributed by atoms with van der Waals surface area (Å²) in [6.45, 7) is -0.900. The van der Waals surface area contributed by atoms with E-state index in [0.29, 0.717) is 5.47 Å². The molecule has 1 heterocycles. The van der Waals surface area contributed by atoms with Crippen LogP contribution < -0.4 is 0 Å². The first-order chi connectivity index (χ1) is 5.15. The first-order valence-electron chi connectivity index (χ1n) is 3.28.